The van der Waals surface area contributed by atoms with E-state index in [-0.39, 0.29) is 0 Å². The van der Waals surface area contributed by atoms with Crippen molar-refractivity contribution in [1.29, 1.82) is 0 Å². The fourth-order valence-electron chi connectivity index (χ4n) is 2.47. The average Bonchev–Trinajstić information content (AvgIpc) is 2.46. The summed E-state index contributed by atoms with van der Waals surface area (Å²) in [5.74, 6) is 1.58. The van der Waals surface area contributed by atoms with E-state index >= 15 is 0 Å². The first-order valence-corrected chi connectivity index (χ1v) is 6.61. The summed E-state index contributed by atoms with van der Waals surface area (Å²) in [4.78, 5) is 4.34. The molecule has 1 aromatic carbocycles. The lowest BCUT2D eigenvalue weighted by Gasteiger charge is -2.23. The van der Waals surface area contributed by atoms with Gasteiger partial charge in [0.1, 0.15) is 5.75 Å². The zero-order valence-electron chi connectivity index (χ0n) is 10.4. The summed E-state index contributed by atoms with van der Waals surface area (Å²) in [6.07, 6.45) is 4.33. The van der Waals surface area contributed by atoms with Gasteiger partial charge in [-0.25, -0.2) is 0 Å². The molecule has 0 spiro atoms. The van der Waals surface area contributed by atoms with E-state index in [9.17, 15) is 0 Å². The number of rotatable bonds is 3. The van der Waals surface area contributed by atoms with Gasteiger partial charge in [0.2, 0.25) is 0 Å². The molecule has 1 aromatic heterocycles. The topological polar surface area (TPSA) is 34.1 Å². The van der Waals surface area contributed by atoms with Crippen molar-refractivity contribution in [1.82, 2.24) is 10.3 Å². The summed E-state index contributed by atoms with van der Waals surface area (Å²) in [5.41, 5.74) is 0.997. The molecular weight excluding hydrogens is 224 g/mol. The second-order valence-electron chi connectivity index (χ2n) is 4.85. The largest absolute Gasteiger partial charge is 0.492 e. The van der Waals surface area contributed by atoms with Crippen LogP contribution in [0.3, 0.4) is 0 Å². The number of benzene rings is 1. The molecule has 18 heavy (non-hydrogen) atoms. The number of hydrogen-bond acceptors (Lipinski definition) is 3. The summed E-state index contributed by atoms with van der Waals surface area (Å²) in [5, 5.41) is 4.52. The van der Waals surface area contributed by atoms with E-state index in [1.165, 1.54) is 12.8 Å². The minimum atomic E-state index is 0.630. The minimum absolute atomic E-state index is 0.630. The fraction of sp³-hybridized carbons (Fsp3) is 0.400. The van der Waals surface area contributed by atoms with Crippen LogP contribution in [0.2, 0.25) is 0 Å². The van der Waals surface area contributed by atoms with Crippen LogP contribution in [0.1, 0.15) is 12.8 Å². The molecule has 0 saturated carbocycles. The number of pyridine rings is 1. The van der Waals surface area contributed by atoms with Crippen LogP contribution in [-0.4, -0.2) is 24.7 Å². The van der Waals surface area contributed by atoms with Crippen LogP contribution in [0.4, 0.5) is 0 Å². The molecule has 2 aromatic rings. The molecule has 3 rings (SSSR count). The van der Waals surface area contributed by atoms with Crippen molar-refractivity contribution in [2.45, 2.75) is 12.8 Å². The van der Waals surface area contributed by atoms with Gasteiger partial charge in [0.15, 0.2) is 0 Å². The Morgan fingerprint density at radius 3 is 3.11 bits per heavy atom. The first kappa shape index (κ1) is 11.5. The molecule has 1 saturated heterocycles. The number of hydrogen-bond donors (Lipinski definition) is 1. The van der Waals surface area contributed by atoms with Crippen LogP contribution >= 0.6 is 0 Å². The molecule has 1 N–H and O–H groups in total. The Kier molecular flexibility index (Phi) is 3.42. The van der Waals surface area contributed by atoms with Crippen molar-refractivity contribution >= 4 is 10.9 Å². The van der Waals surface area contributed by atoms with E-state index in [1.54, 1.807) is 0 Å². The molecule has 0 amide bonds. The van der Waals surface area contributed by atoms with E-state index in [0.717, 1.165) is 36.3 Å². The third-order valence-electron chi connectivity index (χ3n) is 3.48. The Bertz CT molecular complexity index is 515. The molecule has 3 nitrogen and oxygen atoms in total. The Morgan fingerprint density at radius 2 is 2.22 bits per heavy atom. The lowest BCUT2D eigenvalue weighted by molar-refractivity contribution is 0.220. The molecule has 0 bridgehead atoms. The molecule has 0 radical (unpaired) electrons. The highest BCUT2D eigenvalue weighted by Gasteiger charge is 2.14. The van der Waals surface area contributed by atoms with Crippen LogP contribution in [0.25, 0.3) is 10.9 Å². The van der Waals surface area contributed by atoms with Crippen LogP contribution in [0, 0.1) is 5.92 Å². The van der Waals surface area contributed by atoms with Gasteiger partial charge in [-0.15, -0.1) is 0 Å². The van der Waals surface area contributed by atoms with Gasteiger partial charge in [-0.2, -0.15) is 0 Å². The third kappa shape index (κ3) is 2.46. The Labute approximate surface area is 107 Å². The quantitative estimate of drug-likeness (QED) is 0.898. The van der Waals surface area contributed by atoms with Crippen LogP contribution in [0.5, 0.6) is 5.75 Å². The molecule has 1 aliphatic heterocycles. The van der Waals surface area contributed by atoms with Crippen molar-refractivity contribution in [3.05, 3.63) is 36.5 Å². The zero-order valence-corrected chi connectivity index (χ0v) is 10.4. The average molecular weight is 242 g/mol. The van der Waals surface area contributed by atoms with Gasteiger partial charge in [0.05, 0.1) is 12.1 Å². The predicted octanol–water partition coefficient (Wildman–Crippen LogP) is 2.61. The minimum Gasteiger partial charge on any atom is -0.492 e. The van der Waals surface area contributed by atoms with Crippen molar-refractivity contribution in [2.75, 3.05) is 19.7 Å². The van der Waals surface area contributed by atoms with Gasteiger partial charge in [-0.05, 0) is 37.6 Å². The second kappa shape index (κ2) is 5.36. The molecule has 1 atom stereocenters. The molecule has 1 unspecified atom stereocenters. The van der Waals surface area contributed by atoms with Crippen molar-refractivity contribution in [3.8, 4) is 5.75 Å². The first-order valence-electron chi connectivity index (χ1n) is 6.61. The highest BCUT2D eigenvalue weighted by Crippen LogP contribution is 2.24. The lowest BCUT2D eigenvalue weighted by Crippen LogP contribution is -2.33. The molecule has 3 heteroatoms. The number of aromatic nitrogens is 1. The van der Waals surface area contributed by atoms with Crippen molar-refractivity contribution in [3.63, 3.8) is 0 Å². The van der Waals surface area contributed by atoms with Gasteiger partial charge in [0, 0.05) is 24.0 Å². The van der Waals surface area contributed by atoms with Crippen molar-refractivity contribution < 1.29 is 4.74 Å². The van der Waals surface area contributed by atoms with Gasteiger partial charge >= 0.3 is 0 Å². The maximum absolute atomic E-state index is 5.98. The molecule has 1 fully saturated rings. The van der Waals surface area contributed by atoms with E-state index in [4.69, 9.17) is 4.74 Å². The second-order valence-corrected chi connectivity index (χ2v) is 4.85. The van der Waals surface area contributed by atoms with Crippen molar-refractivity contribution in [2.24, 2.45) is 5.92 Å². The smallest absolute Gasteiger partial charge is 0.130 e. The van der Waals surface area contributed by atoms with Crippen LogP contribution in [-0.2, 0) is 0 Å². The highest BCUT2D eigenvalue weighted by atomic mass is 16.5. The molecular formula is C15H18N2O. The Balaban J connectivity index is 1.74. The van der Waals surface area contributed by atoms with Gasteiger partial charge < -0.3 is 10.1 Å². The van der Waals surface area contributed by atoms with Crippen LogP contribution in [0.15, 0.2) is 36.5 Å². The maximum atomic E-state index is 5.98. The summed E-state index contributed by atoms with van der Waals surface area (Å²) in [7, 11) is 0. The lowest BCUT2D eigenvalue weighted by atomic mass is 10.0. The van der Waals surface area contributed by atoms with Gasteiger partial charge in [-0.3, -0.25) is 4.98 Å². The third-order valence-corrected chi connectivity index (χ3v) is 3.48. The zero-order chi connectivity index (χ0) is 12.2. The number of ether oxygens (including phenoxy) is 1. The van der Waals surface area contributed by atoms with Crippen LogP contribution < -0.4 is 10.1 Å². The number of fused-ring (bicyclic) bond motifs is 1. The van der Waals surface area contributed by atoms with E-state index < -0.39 is 0 Å². The maximum Gasteiger partial charge on any atom is 0.130 e. The first-order chi connectivity index (χ1) is 8.93. The predicted molar refractivity (Wildman–Crippen MR) is 72.8 cm³/mol. The van der Waals surface area contributed by atoms with E-state index in [0.29, 0.717) is 5.92 Å². The highest BCUT2D eigenvalue weighted by molar-refractivity contribution is 5.84. The molecule has 94 valence electrons. The number of nitrogens with zero attached hydrogens (tertiary/aromatic N) is 1. The van der Waals surface area contributed by atoms with Gasteiger partial charge in [0.25, 0.3) is 0 Å². The number of nitrogens with one attached hydrogen (secondary N) is 1. The fourth-order valence-corrected chi connectivity index (χ4v) is 2.47. The summed E-state index contributed by atoms with van der Waals surface area (Å²) in [6.45, 7) is 3.01. The van der Waals surface area contributed by atoms with E-state index in [1.807, 2.05) is 30.5 Å². The number of piperidine rings is 1. The summed E-state index contributed by atoms with van der Waals surface area (Å²) >= 11 is 0. The summed E-state index contributed by atoms with van der Waals surface area (Å²) in [6, 6.07) is 10.1. The SMILES string of the molecule is c1ccc2c(OCC3CCCNC3)ccnc2c1. The standard InChI is InChI=1S/C15H18N2O/c1-2-6-14-13(5-1)15(7-9-17-14)18-11-12-4-3-8-16-10-12/h1-2,5-7,9,12,16H,3-4,8,10-11H2. The molecule has 0 aliphatic carbocycles. The monoisotopic (exact) mass is 242 g/mol. The summed E-state index contributed by atoms with van der Waals surface area (Å²) < 4.78 is 5.98. The molecule has 2 heterocycles. The number of para-hydroxylation sites is 1. The van der Waals surface area contributed by atoms with E-state index in [2.05, 4.69) is 16.4 Å². The normalized spacial score (nSPS) is 19.9. The molecule has 1 aliphatic rings. The Hall–Kier alpha value is -1.61. The van der Waals surface area contributed by atoms with Gasteiger partial charge in [-0.1, -0.05) is 12.1 Å². The Morgan fingerprint density at radius 1 is 1.28 bits per heavy atom.